The molecule has 0 saturated heterocycles. The second kappa shape index (κ2) is 6.41. The van der Waals surface area contributed by atoms with Gasteiger partial charge >= 0.3 is 0 Å². The van der Waals surface area contributed by atoms with E-state index in [1.807, 2.05) is 55.2 Å². The minimum Gasteiger partial charge on any atom is -0.497 e. The number of ether oxygens (including phenoxy) is 1. The van der Waals surface area contributed by atoms with E-state index in [0.29, 0.717) is 0 Å². The van der Waals surface area contributed by atoms with Crippen LogP contribution in [-0.2, 0) is 4.62 Å². The average Bonchev–Trinajstić information content (AvgIpc) is 2.46. The molecule has 0 aliphatic heterocycles. The van der Waals surface area contributed by atoms with Gasteiger partial charge in [0.05, 0.1) is 20.9 Å². The SMILES string of the molecule is COc1cccc(NOP(C)c2ccc(N)cc2)c1. The first-order chi connectivity index (χ1) is 9.19. The maximum atomic E-state index is 5.67. The van der Waals surface area contributed by atoms with Crippen LogP contribution in [0.2, 0.25) is 0 Å². The molecule has 1 unspecified atom stereocenters. The van der Waals surface area contributed by atoms with Crippen molar-refractivity contribution in [2.45, 2.75) is 0 Å². The highest BCUT2D eigenvalue weighted by Crippen LogP contribution is 2.31. The molecule has 3 N–H and O–H groups in total. The van der Waals surface area contributed by atoms with Crippen molar-refractivity contribution in [2.75, 3.05) is 25.0 Å². The van der Waals surface area contributed by atoms with E-state index in [4.69, 9.17) is 15.1 Å². The maximum Gasteiger partial charge on any atom is 0.121 e. The van der Waals surface area contributed by atoms with Crippen molar-refractivity contribution < 1.29 is 9.36 Å². The molecular weight excluding hydrogens is 259 g/mol. The van der Waals surface area contributed by atoms with Gasteiger partial charge in [-0.25, -0.2) is 0 Å². The third-order valence-electron chi connectivity index (χ3n) is 2.63. The van der Waals surface area contributed by atoms with E-state index in [-0.39, 0.29) is 0 Å². The molecule has 5 heteroatoms. The molecule has 0 aliphatic carbocycles. The van der Waals surface area contributed by atoms with Crippen LogP contribution in [0.1, 0.15) is 0 Å². The van der Waals surface area contributed by atoms with Crippen molar-refractivity contribution in [3.63, 3.8) is 0 Å². The topological polar surface area (TPSA) is 56.5 Å². The molecule has 2 rings (SSSR count). The summed E-state index contributed by atoms with van der Waals surface area (Å²) in [5, 5.41) is 1.12. The lowest BCUT2D eigenvalue weighted by Gasteiger charge is -2.14. The van der Waals surface area contributed by atoms with Gasteiger partial charge in [0.2, 0.25) is 0 Å². The summed E-state index contributed by atoms with van der Waals surface area (Å²) in [6.07, 6.45) is 0. The molecule has 0 aromatic heterocycles. The van der Waals surface area contributed by atoms with Gasteiger partial charge in [0.1, 0.15) is 5.75 Å². The highest BCUT2D eigenvalue weighted by Gasteiger charge is 2.06. The van der Waals surface area contributed by atoms with Gasteiger partial charge in [-0.05, 0) is 30.9 Å². The minimum absolute atomic E-state index is 0.733. The molecule has 0 aliphatic rings. The molecule has 0 spiro atoms. The Morgan fingerprint density at radius 1 is 1.11 bits per heavy atom. The van der Waals surface area contributed by atoms with Crippen molar-refractivity contribution in [2.24, 2.45) is 0 Å². The fourth-order valence-corrected chi connectivity index (χ4v) is 2.46. The van der Waals surface area contributed by atoms with Crippen LogP contribution in [-0.4, -0.2) is 13.8 Å². The summed E-state index contributed by atoms with van der Waals surface area (Å²) in [5.41, 5.74) is 10.2. The van der Waals surface area contributed by atoms with E-state index in [0.717, 1.165) is 22.4 Å². The molecule has 2 aromatic carbocycles. The third-order valence-corrected chi connectivity index (χ3v) is 4.02. The quantitative estimate of drug-likeness (QED) is 0.501. The Hall–Kier alpha value is -1.77. The lowest BCUT2D eigenvalue weighted by Crippen LogP contribution is -2.06. The monoisotopic (exact) mass is 276 g/mol. The summed E-state index contributed by atoms with van der Waals surface area (Å²) in [7, 11) is 0.907. The number of nitrogens with one attached hydrogen (secondary N) is 1. The first-order valence-electron chi connectivity index (χ1n) is 5.85. The molecular formula is C14H17N2O2P. The highest BCUT2D eigenvalue weighted by molar-refractivity contribution is 7.60. The van der Waals surface area contributed by atoms with Crippen LogP contribution in [0.25, 0.3) is 0 Å². The summed E-state index contributed by atoms with van der Waals surface area (Å²) in [6.45, 7) is 2.04. The molecule has 0 radical (unpaired) electrons. The Morgan fingerprint density at radius 2 is 1.84 bits per heavy atom. The van der Waals surface area contributed by atoms with Crippen molar-refractivity contribution in [1.82, 2.24) is 0 Å². The molecule has 1 atom stereocenters. The largest absolute Gasteiger partial charge is 0.497 e. The van der Waals surface area contributed by atoms with E-state index in [2.05, 4.69) is 5.48 Å². The van der Waals surface area contributed by atoms with Crippen LogP contribution in [0.4, 0.5) is 11.4 Å². The molecule has 4 nitrogen and oxygen atoms in total. The van der Waals surface area contributed by atoms with Gasteiger partial charge in [-0.3, -0.25) is 10.1 Å². The third kappa shape index (κ3) is 3.85. The van der Waals surface area contributed by atoms with E-state index in [1.165, 1.54) is 0 Å². The number of hydrogen-bond acceptors (Lipinski definition) is 4. The van der Waals surface area contributed by atoms with Crippen molar-refractivity contribution >= 4 is 24.8 Å². The number of hydrogen-bond donors (Lipinski definition) is 2. The number of benzene rings is 2. The van der Waals surface area contributed by atoms with Crippen LogP contribution in [0.3, 0.4) is 0 Å². The number of rotatable bonds is 5. The lowest BCUT2D eigenvalue weighted by atomic mass is 10.3. The number of methoxy groups -OCH3 is 1. The van der Waals surface area contributed by atoms with Crippen molar-refractivity contribution in [3.05, 3.63) is 48.5 Å². The predicted octanol–water partition coefficient (Wildman–Crippen LogP) is 2.97. The fraction of sp³-hybridized carbons (Fsp3) is 0.143. The second-order valence-electron chi connectivity index (χ2n) is 4.01. The Bertz CT molecular complexity index is 531. The zero-order valence-corrected chi connectivity index (χ0v) is 11.9. The molecule has 0 saturated carbocycles. The molecule has 0 fully saturated rings. The molecule has 0 amide bonds. The van der Waals surface area contributed by atoms with Crippen molar-refractivity contribution in [1.29, 1.82) is 0 Å². The Labute approximate surface area is 114 Å². The smallest absolute Gasteiger partial charge is 0.121 e. The van der Waals surface area contributed by atoms with Crippen LogP contribution in [0.15, 0.2) is 48.5 Å². The van der Waals surface area contributed by atoms with Gasteiger partial charge in [0.15, 0.2) is 0 Å². The Balaban J connectivity index is 1.96. The first-order valence-corrected chi connectivity index (χ1v) is 7.56. The van der Waals surface area contributed by atoms with E-state index in [9.17, 15) is 0 Å². The lowest BCUT2D eigenvalue weighted by molar-refractivity contribution is 0.413. The maximum absolute atomic E-state index is 5.67. The molecule has 2 aromatic rings. The van der Waals surface area contributed by atoms with Gasteiger partial charge in [-0.15, -0.1) is 0 Å². The minimum atomic E-state index is -0.733. The molecule has 100 valence electrons. The van der Waals surface area contributed by atoms with E-state index in [1.54, 1.807) is 7.11 Å². The van der Waals surface area contributed by atoms with Gasteiger partial charge in [-0.1, -0.05) is 18.2 Å². The molecule has 0 heterocycles. The van der Waals surface area contributed by atoms with Crippen LogP contribution >= 0.6 is 8.15 Å². The second-order valence-corrected chi connectivity index (χ2v) is 5.71. The Kier molecular flexibility index (Phi) is 4.61. The van der Waals surface area contributed by atoms with E-state index < -0.39 is 8.15 Å². The van der Waals surface area contributed by atoms with Gasteiger partial charge < -0.3 is 10.5 Å². The zero-order valence-electron chi connectivity index (χ0n) is 11.0. The van der Waals surface area contributed by atoms with Gasteiger partial charge in [-0.2, -0.15) is 0 Å². The molecule has 0 bridgehead atoms. The normalized spacial score (nSPS) is 11.9. The first kappa shape index (κ1) is 13.7. The summed E-state index contributed by atoms with van der Waals surface area (Å²) in [4.78, 5) is 0. The molecule has 19 heavy (non-hydrogen) atoms. The van der Waals surface area contributed by atoms with Crippen LogP contribution in [0, 0.1) is 0 Å². The average molecular weight is 276 g/mol. The summed E-state index contributed by atoms with van der Waals surface area (Å²) < 4.78 is 10.8. The standard InChI is InChI=1S/C14H17N2O2P/c1-17-13-5-3-4-12(10-13)16-18-19(2)14-8-6-11(15)7-9-14/h3-10,16H,15H2,1-2H3. The van der Waals surface area contributed by atoms with Crippen LogP contribution in [0.5, 0.6) is 5.75 Å². The summed E-state index contributed by atoms with van der Waals surface area (Å²) in [5.74, 6) is 0.793. The van der Waals surface area contributed by atoms with Crippen LogP contribution < -0.4 is 21.3 Å². The fourth-order valence-electron chi connectivity index (χ4n) is 1.54. The predicted molar refractivity (Wildman–Crippen MR) is 81.0 cm³/mol. The summed E-state index contributed by atoms with van der Waals surface area (Å²) in [6, 6.07) is 15.3. The summed E-state index contributed by atoms with van der Waals surface area (Å²) >= 11 is 0. The van der Waals surface area contributed by atoms with E-state index >= 15 is 0 Å². The highest BCUT2D eigenvalue weighted by atomic mass is 31.1. The Morgan fingerprint density at radius 3 is 2.53 bits per heavy atom. The van der Waals surface area contributed by atoms with Crippen molar-refractivity contribution in [3.8, 4) is 5.75 Å². The number of nitrogens with two attached hydrogens (primary N) is 1. The zero-order chi connectivity index (χ0) is 13.7. The van der Waals surface area contributed by atoms with Gasteiger partial charge in [0, 0.05) is 17.1 Å². The van der Waals surface area contributed by atoms with Gasteiger partial charge in [0.25, 0.3) is 0 Å². The number of nitrogen functional groups attached to an aromatic ring is 1. The number of anilines is 2.